The Morgan fingerprint density at radius 3 is 2.44 bits per heavy atom. The molecule has 4 saturated carbocycles. The molecule has 1 spiro atoms. The molecule has 0 aromatic carbocycles. The number of alkyl halides is 2. The molecule has 0 unspecified atom stereocenters. The molecule has 3 nitrogen and oxygen atoms in total. The third-order valence-corrected chi connectivity index (χ3v) is 12.6. The fourth-order valence-electron chi connectivity index (χ4n) is 8.46. The van der Waals surface area contributed by atoms with E-state index in [1.807, 2.05) is 0 Å². The van der Waals surface area contributed by atoms with E-state index in [9.17, 15) is 9.90 Å². The molecular formula is C22H32BrClO3. The van der Waals surface area contributed by atoms with Crippen molar-refractivity contribution in [2.24, 2.45) is 28.6 Å². The fourth-order valence-corrected chi connectivity index (χ4v) is 10.1. The highest BCUT2D eigenvalue weighted by Crippen LogP contribution is 2.72. The monoisotopic (exact) mass is 458 g/mol. The van der Waals surface area contributed by atoms with Crippen LogP contribution in [0.15, 0.2) is 0 Å². The Morgan fingerprint density at radius 1 is 1.07 bits per heavy atom. The maximum absolute atomic E-state index is 12.0. The molecule has 5 rings (SSSR count). The summed E-state index contributed by atoms with van der Waals surface area (Å²) in [5, 5.41) is 10.4. The van der Waals surface area contributed by atoms with Gasteiger partial charge < -0.3 is 9.84 Å². The number of aliphatic hydroxyl groups is 1. The average molecular weight is 460 g/mol. The molecule has 9 atom stereocenters. The second-order valence-electron chi connectivity index (χ2n) is 10.7. The van der Waals surface area contributed by atoms with Crippen LogP contribution in [0.5, 0.6) is 0 Å². The lowest BCUT2D eigenvalue weighted by molar-refractivity contribution is -0.173. The van der Waals surface area contributed by atoms with Gasteiger partial charge in [0.2, 0.25) is 0 Å². The lowest BCUT2D eigenvalue weighted by Crippen LogP contribution is -2.65. The molecule has 27 heavy (non-hydrogen) atoms. The highest BCUT2D eigenvalue weighted by Gasteiger charge is 2.70. The van der Waals surface area contributed by atoms with Crippen LogP contribution in [-0.2, 0) is 9.53 Å². The van der Waals surface area contributed by atoms with Gasteiger partial charge in [-0.2, -0.15) is 0 Å². The van der Waals surface area contributed by atoms with E-state index in [-0.39, 0.29) is 38.2 Å². The zero-order chi connectivity index (χ0) is 19.2. The summed E-state index contributed by atoms with van der Waals surface area (Å²) in [4.78, 5) is 12.0. The van der Waals surface area contributed by atoms with Crippen molar-refractivity contribution < 1.29 is 14.6 Å². The molecule has 1 aliphatic heterocycles. The minimum absolute atomic E-state index is 0.00516. The predicted octanol–water partition coefficient (Wildman–Crippen LogP) is 5.20. The van der Waals surface area contributed by atoms with E-state index in [0.717, 1.165) is 44.9 Å². The van der Waals surface area contributed by atoms with Crippen molar-refractivity contribution in [3.8, 4) is 0 Å². The number of halogens is 2. The zero-order valence-electron chi connectivity index (χ0n) is 16.5. The molecule has 0 aromatic rings. The number of aliphatic hydroxyl groups excluding tert-OH is 1. The molecule has 1 N–H and O–H groups in total. The van der Waals surface area contributed by atoms with Gasteiger partial charge in [0.25, 0.3) is 0 Å². The van der Waals surface area contributed by atoms with Gasteiger partial charge in [0.1, 0.15) is 5.60 Å². The van der Waals surface area contributed by atoms with Crippen molar-refractivity contribution in [1.82, 2.24) is 0 Å². The van der Waals surface area contributed by atoms with Crippen molar-refractivity contribution in [2.75, 3.05) is 0 Å². The lowest BCUT2D eigenvalue weighted by atomic mass is 9.44. The Hall–Kier alpha value is 0.200. The van der Waals surface area contributed by atoms with E-state index >= 15 is 0 Å². The molecule has 4 aliphatic carbocycles. The molecule has 5 aliphatic rings. The smallest absolute Gasteiger partial charge is 0.306 e. The minimum Gasteiger partial charge on any atom is -0.458 e. The van der Waals surface area contributed by atoms with Gasteiger partial charge in [-0.3, -0.25) is 4.79 Å². The first-order valence-electron chi connectivity index (χ1n) is 10.9. The summed E-state index contributed by atoms with van der Waals surface area (Å²) >= 11 is 11.2. The van der Waals surface area contributed by atoms with Crippen LogP contribution in [0.2, 0.25) is 0 Å². The summed E-state index contributed by atoms with van der Waals surface area (Å²) < 4.78 is 5.88. The fraction of sp³-hybridized carbons (Fsp3) is 0.955. The van der Waals surface area contributed by atoms with Gasteiger partial charge in [0, 0.05) is 17.2 Å². The topological polar surface area (TPSA) is 46.5 Å². The Bertz CT molecular complexity index is 672. The third-order valence-electron chi connectivity index (χ3n) is 10.0. The number of carbonyl (C=O) groups excluding carboxylic acids is 1. The van der Waals surface area contributed by atoms with Crippen LogP contribution in [0.1, 0.15) is 78.1 Å². The second kappa shape index (κ2) is 5.88. The third kappa shape index (κ3) is 2.27. The highest BCUT2D eigenvalue weighted by atomic mass is 79.9. The van der Waals surface area contributed by atoms with Gasteiger partial charge in [0.05, 0.1) is 10.4 Å². The standard InChI is InChI=1S/C22H32BrClO3/c1-19-8-4-16-14(15(19)5-9-21(19)10-6-18(26)27-21)11-17(24)22(23)12-13(25)3-7-20(16,22)2/h13-17,25H,3-12H2,1-2H3/t13-,14-,15-,16-,17+,19-,20+,21-,22-/m0/s1. The van der Waals surface area contributed by atoms with Crippen LogP contribution in [0.25, 0.3) is 0 Å². The molecule has 0 amide bonds. The lowest BCUT2D eigenvalue weighted by Gasteiger charge is -2.65. The van der Waals surface area contributed by atoms with Crippen LogP contribution >= 0.6 is 27.5 Å². The van der Waals surface area contributed by atoms with Crippen LogP contribution in [0.4, 0.5) is 0 Å². The molecule has 5 heteroatoms. The number of ether oxygens (including phenoxy) is 1. The number of carbonyl (C=O) groups is 1. The summed E-state index contributed by atoms with van der Waals surface area (Å²) in [6.07, 6.45) is 9.54. The van der Waals surface area contributed by atoms with Crippen LogP contribution in [-0.4, -0.2) is 32.5 Å². The quantitative estimate of drug-likeness (QED) is 0.400. The molecule has 1 saturated heterocycles. The maximum atomic E-state index is 12.0. The van der Waals surface area contributed by atoms with Gasteiger partial charge >= 0.3 is 5.97 Å². The average Bonchev–Trinajstić information content (AvgIpc) is 3.12. The maximum Gasteiger partial charge on any atom is 0.306 e. The van der Waals surface area contributed by atoms with Gasteiger partial charge in [-0.1, -0.05) is 29.8 Å². The van der Waals surface area contributed by atoms with E-state index in [4.69, 9.17) is 16.3 Å². The number of hydrogen-bond acceptors (Lipinski definition) is 3. The Morgan fingerprint density at radius 2 is 1.74 bits per heavy atom. The van der Waals surface area contributed by atoms with Crippen molar-refractivity contribution in [1.29, 1.82) is 0 Å². The Balaban J connectivity index is 1.50. The van der Waals surface area contributed by atoms with Crippen molar-refractivity contribution in [3.05, 3.63) is 0 Å². The SMILES string of the molecule is C[C@]12CC[C@H]3[C@@H](C[C@@H](Cl)[C@@]4(Br)C[C@@H](O)CC[C@]34C)[C@@H]1CC[C@]21CCC(=O)O1. The molecule has 0 bridgehead atoms. The van der Waals surface area contributed by atoms with Crippen LogP contribution < -0.4 is 0 Å². The Kier molecular flexibility index (Phi) is 4.18. The molecular weight excluding hydrogens is 428 g/mol. The van der Waals surface area contributed by atoms with Crippen LogP contribution in [0, 0.1) is 28.6 Å². The molecule has 1 heterocycles. The van der Waals surface area contributed by atoms with E-state index < -0.39 is 0 Å². The van der Waals surface area contributed by atoms with Gasteiger partial charge in [-0.15, -0.1) is 11.6 Å². The number of rotatable bonds is 0. The van der Waals surface area contributed by atoms with Gasteiger partial charge in [-0.05, 0) is 81.0 Å². The first kappa shape index (κ1) is 19.2. The molecule has 0 radical (unpaired) electrons. The number of fused-ring (bicyclic) bond motifs is 6. The largest absolute Gasteiger partial charge is 0.458 e. The normalized spacial score (nSPS) is 59.9. The van der Waals surface area contributed by atoms with E-state index in [1.54, 1.807) is 0 Å². The zero-order valence-corrected chi connectivity index (χ0v) is 18.8. The van der Waals surface area contributed by atoms with Crippen molar-refractivity contribution >= 4 is 33.5 Å². The summed E-state index contributed by atoms with van der Waals surface area (Å²) in [5.41, 5.74) is 0.0208. The van der Waals surface area contributed by atoms with Crippen molar-refractivity contribution in [2.45, 2.75) is 99.5 Å². The Labute approximate surface area is 176 Å². The van der Waals surface area contributed by atoms with Crippen molar-refractivity contribution in [3.63, 3.8) is 0 Å². The molecule has 5 fully saturated rings. The molecule has 152 valence electrons. The van der Waals surface area contributed by atoms with E-state index in [2.05, 4.69) is 29.8 Å². The predicted molar refractivity (Wildman–Crippen MR) is 109 cm³/mol. The minimum atomic E-state index is -0.239. The van der Waals surface area contributed by atoms with Gasteiger partial charge in [-0.25, -0.2) is 0 Å². The van der Waals surface area contributed by atoms with Gasteiger partial charge in [0.15, 0.2) is 0 Å². The summed E-state index contributed by atoms with van der Waals surface area (Å²) in [5.74, 6) is 1.86. The van der Waals surface area contributed by atoms with E-state index in [0.29, 0.717) is 24.2 Å². The number of esters is 1. The summed E-state index contributed by atoms with van der Waals surface area (Å²) in [6, 6.07) is 0. The summed E-state index contributed by atoms with van der Waals surface area (Å²) in [7, 11) is 0. The first-order valence-corrected chi connectivity index (χ1v) is 12.1. The number of hydrogen-bond donors (Lipinski definition) is 1. The highest BCUT2D eigenvalue weighted by molar-refractivity contribution is 9.10. The summed E-state index contributed by atoms with van der Waals surface area (Å²) in [6.45, 7) is 4.84. The second-order valence-corrected chi connectivity index (χ2v) is 12.7. The molecule has 0 aromatic heterocycles. The first-order chi connectivity index (χ1) is 12.7. The van der Waals surface area contributed by atoms with Crippen LogP contribution in [0.3, 0.4) is 0 Å². The van der Waals surface area contributed by atoms with E-state index in [1.165, 1.54) is 12.8 Å².